The zero-order valence-electron chi connectivity index (χ0n) is 18.1. The number of aliphatic imine (C=N–C) groups is 1. The molecule has 4 heterocycles. The van der Waals surface area contributed by atoms with Crippen molar-refractivity contribution in [1.29, 1.82) is 0 Å². The highest BCUT2D eigenvalue weighted by Gasteiger charge is 2.21. The van der Waals surface area contributed by atoms with Crippen molar-refractivity contribution in [2.45, 2.75) is 13.0 Å². The maximum Gasteiger partial charge on any atom is 0.231 e. The number of fused-ring (bicyclic) bond motifs is 2. The number of piperazine rings is 1. The predicted octanol–water partition coefficient (Wildman–Crippen LogP) is 2.01. The van der Waals surface area contributed by atoms with Crippen LogP contribution in [-0.2, 0) is 13.0 Å². The number of benzene rings is 1. The summed E-state index contributed by atoms with van der Waals surface area (Å²) in [6.45, 7) is 5.86. The average molecular weight is 549 g/mol. The van der Waals surface area contributed by atoms with E-state index in [4.69, 9.17) is 9.47 Å². The molecule has 5 rings (SSSR count). The van der Waals surface area contributed by atoms with E-state index in [0.29, 0.717) is 6.79 Å². The number of hydrogen-bond acceptors (Lipinski definition) is 6. The molecule has 1 aromatic carbocycles. The first-order valence-corrected chi connectivity index (χ1v) is 10.7. The minimum absolute atomic E-state index is 0. The van der Waals surface area contributed by atoms with Crippen LogP contribution in [0.5, 0.6) is 11.5 Å². The molecular weight excluding hydrogens is 521 g/mol. The third-order valence-corrected chi connectivity index (χ3v) is 5.74. The zero-order valence-corrected chi connectivity index (χ0v) is 20.4. The Bertz CT molecular complexity index is 1080. The summed E-state index contributed by atoms with van der Waals surface area (Å²) in [4.78, 5) is 9.26. The van der Waals surface area contributed by atoms with E-state index in [1.165, 1.54) is 5.56 Å². The molecule has 0 aliphatic carbocycles. The van der Waals surface area contributed by atoms with Crippen LogP contribution in [0.15, 0.2) is 47.6 Å². The summed E-state index contributed by atoms with van der Waals surface area (Å²) in [6.07, 6.45) is 2.78. The Labute approximate surface area is 204 Å². The fourth-order valence-electron chi connectivity index (χ4n) is 4.10. The molecule has 0 spiro atoms. The minimum Gasteiger partial charge on any atom is -0.454 e. The van der Waals surface area contributed by atoms with Gasteiger partial charge >= 0.3 is 0 Å². The molecule has 2 aliphatic heterocycles. The van der Waals surface area contributed by atoms with Gasteiger partial charge in [-0.3, -0.25) is 14.3 Å². The van der Waals surface area contributed by atoms with Gasteiger partial charge in [-0.2, -0.15) is 0 Å². The van der Waals surface area contributed by atoms with Crippen molar-refractivity contribution in [2.24, 2.45) is 4.99 Å². The first kappa shape index (κ1) is 22.6. The molecular formula is C22H28IN7O2. The Kier molecular flexibility index (Phi) is 7.30. The smallest absolute Gasteiger partial charge is 0.231 e. The van der Waals surface area contributed by atoms with Gasteiger partial charge in [0.2, 0.25) is 6.79 Å². The lowest BCUT2D eigenvalue weighted by Crippen LogP contribution is -2.52. The van der Waals surface area contributed by atoms with Crippen molar-refractivity contribution in [3.05, 3.63) is 54.0 Å². The summed E-state index contributed by atoms with van der Waals surface area (Å²) < 4.78 is 12.9. The molecule has 0 amide bonds. The van der Waals surface area contributed by atoms with Crippen LogP contribution in [0.4, 0.5) is 0 Å². The van der Waals surface area contributed by atoms with E-state index < -0.39 is 0 Å². The summed E-state index contributed by atoms with van der Waals surface area (Å²) in [6, 6.07) is 12.1. The van der Waals surface area contributed by atoms with Crippen molar-refractivity contribution in [1.82, 2.24) is 29.7 Å². The lowest BCUT2D eigenvalue weighted by molar-refractivity contribution is 0.171. The number of ether oxygens (including phenoxy) is 2. The van der Waals surface area contributed by atoms with Gasteiger partial charge in [0.05, 0.1) is 0 Å². The minimum atomic E-state index is 0. The second-order valence-electron chi connectivity index (χ2n) is 7.72. The van der Waals surface area contributed by atoms with Gasteiger partial charge in [0.25, 0.3) is 0 Å². The summed E-state index contributed by atoms with van der Waals surface area (Å²) >= 11 is 0. The van der Waals surface area contributed by atoms with E-state index >= 15 is 0 Å². The molecule has 0 bridgehead atoms. The molecule has 10 heteroatoms. The monoisotopic (exact) mass is 549 g/mol. The largest absolute Gasteiger partial charge is 0.454 e. The molecule has 0 unspecified atom stereocenters. The van der Waals surface area contributed by atoms with Crippen LogP contribution in [0, 0.1) is 0 Å². The average Bonchev–Trinajstić information content (AvgIpc) is 3.44. The van der Waals surface area contributed by atoms with Crippen molar-refractivity contribution in [3.63, 3.8) is 0 Å². The van der Waals surface area contributed by atoms with E-state index in [-0.39, 0.29) is 24.0 Å². The number of nitrogens with one attached hydrogen (secondary N) is 1. The molecule has 1 fully saturated rings. The number of nitrogens with zero attached hydrogens (tertiary/aromatic N) is 6. The quantitative estimate of drug-likeness (QED) is 0.297. The van der Waals surface area contributed by atoms with Crippen molar-refractivity contribution in [2.75, 3.05) is 46.6 Å². The van der Waals surface area contributed by atoms with Crippen molar-refractivity contribution in [3.8, 4) is 11.5 Å². The molecule has 0 radical (unpaired) electrons. The summed E-state index contributed by atoms with van der Waals surface area (Å²) in [5.41, 5.74) is 2.13. The van der Waals surface area contributed by atoms with Gasteiger partial charge in [-0.15, -0.1) is 34.2 Å². The molecule has 9 nitrogen and oxygen atoms in total. The molecule has 32 heavy (non-hydrogen) atoms. The first-order chi connectivity index (χ1) is 15.3. The Morgan fingerprint density at radius 3 is 2.75 bits per heavy atom. The van der Waals surface area contributed by atoms with Crippen LogP contribution in [0.1, 0.15) is 11.4 Å². The summed E-state index contributed by atoms with van der Waals surface area (Å²) in [5, 5.41) is 12.0. The topological polar surface area (TPSA) is 79.5 Å². The van der Waals surface area contributed by atoms with Crippen LogP contribution in [0.25, 0.3) is 5.65 Å². The van der Waals surface area contributed by atoms with E-state index in [2.05, 4.69) is 42.4 Å². The van der Waals surface area contributed by atoms with Crippen molar-refractivity contribution >= 4 is 35.6 Å². The zero-order chi connectivity index (χ0) is 21.0. The van der Waals surface area contributed by atoms with E-state index in [1.807, 2.05) is 41.9 Å². The van der Waals surface area contributed by atoms with Gasteiger partial charge in [-0.25, -0.2) is 0 Å². The lowest BCUT2D eigenvalue weighted by atomic mass is 10.1. The molecule has 1 saturated heterocycles. The third kappa shape index (κ3) is 4.90. The molecule has 3 aromatic rings. The summed E-state index contributed by atoms with van der Waals surface area (Å²) in [5.74, 6) is 3.58. The molecule has 170 valence electrons. The standard InChI is InChI=1S/C22H27N7O2.HI/c1-23-22(24-8-7-21-26-25-20-4-2-3-9-29(20)21)28-12-10-27(11-13-28)15-17-5-6-18-19(14-17)31-16-30-18;/h2-6,9,14H,7-8,10-13,15-16H2,1H3,(H,23,24);1H. The van der Waals surface area contributed by atoms with Crippen LogP contribution in [0.3, 0.4) is 0 Å². The highest BCUT2D eigenvalue weighted by molar-refractivity contribution is 14.0. The highest BCUT2D eigenvalue weighted by Crippen LogP contribution is 2.32. The van der Waals surface area contributed by atoms with E-state index in [1.54, 1.807) is 0 Å². The first-order valence-electron chi connectivity index (χ1n) is 10.7. The van der Waals surface area contributed by atoms with Crippen LogP contribution >= 0.6 is 24.0 Å². The van der Waals surface area contributed by atoms with Gasteiger partial charge in [-0.1, -0.05) is 12.1 Å². The second-order valence-corrected chi connectivity index (χ2v) is 7.72. The Morgan fingerprint density at radius 2 is 1.91 bits per heavy atom. The number of hydrogen-bond donors (Lipinski definition) is 1. The number of rotatable bonds is 5. The molecule has 2 aromatic heterocycles. The van der Waals surface area contributed by atoms with Gasteiger partial charge in [0.15, 0.2) is 23.1 Å². The number of guanidine groups is 1. The van der Waals surface area contributed by atoms with Gasteiger partial charge in [0, 0.05) is 58.9 Å². The molecule has 1 N–H and O–H groups in total. The lowest BCUT2D eigenvalue weighted by Gasteiger charge is -2.36. The number of aromatic nitrogens is 3. The second kappa shape index (κ2) is 10.3. The fraction of sp³-hybridized carbons (Fsp3) is 0.409. The van der Waals surface area contributed by atoms with Crippen LogP contribution < -0.4 is 14.8 Å². The Balaban J connectivity index is 0.00000245. The molecule has 0 saturated carbocycles. The van der Waals surface area contributed by atoms with Gasteiger partial charge in [0.1, 0.15) is 5.82 Å². The maximum atomic E-state index is 5.50. The van der Waals surface area contributed by atoms with Gasteiger partial charge in [-0.05, 0) is 29.8 Å². The highest BCUT2D eigenvalue weighted by atomic mass is 127. The normalized spacial score (nSPS) is 16.3. The Hall–Kier alpha value is -2.60. The predicted molar refractivity (Wildman–Crippen MR) is 133 cm³/mol. The van der Waals surface area contributed by atoms with Crippen LogP contribution in [0.2, 0.25) is 0 Å². The maximum absolute atomic E-state index is 5.50. The Morgan fingerprint density at radius 1 is 1.06 bits per heavy atom. The van der Waals surface area contributed by atoms with E-state index in [9.17, 15) is 0 Å². The van der Waals surface area contributed by atoms with Crippen molar-refractivity contribution < 1.29 is 9.47 Å². The van der Waals surface area contributed by atoms with Crippen LogP contribution in [-0.4, -0.2) is 76.9 Å². The molecule has 2 aliphatic rings. The van der Waals surface area contributed by atoms with Gasteiger partial charge < -0.3 is 19.7 Å². The fourth-order valence-corrected chi connectivity index (χ4v) is 4.10. The van der Waals surface area contributed by atoms with E-state index in [0.717, 1.165) is 74.6 Å². The third-order valence-electron chi connectivity index (χ3n) is 5.74. The molecule has 0 atom stereocenters. The number of pyridine rings is 1. The summed E-state index contributed by atoms with van der Waals surface area (Å²) in [7, 11) is 1.84. The number of halogens is 1. The SMILES string of the molecule is CN=C(NCCc1nnc2ccccn12)N1CCN(Cc2ccc3c(c2)OCO3)CC1.I.